The number of ether oxygens (including phenoxy) is 2. The van der Waals surface area contributed by atoms with Gasteiger partial charge in [0, 0.05) is 13.0 Å². The lowest BCUT2D eigenvalue weighted by Gasteiger charge is -2.24. The third-order valence-electron chi connectivity index (χ3n) is 9.17. The maximum atomic E-state index is 12.6. The van der Waals surface area contributed by atoms with E-state index in [4.69, 9.17) is 18.5 Å². The highest BCUT2D eigenvalue weighted by Crippen LogP contribution is 2.43. The quantitative estimate of drug-likeness (QED) is 0.0292. The molecule has 1 N–H and O–H groups in total. The van der Waals surface area contributed by atoms with Gasteiger partial charge in [-0.25, -0.2) is 4.57 Å². The number of nitrogens with zero attached hydrogens (tertiary/aromatic N) is 1. The Morgan fingerprint density at radius 1 is 0.551 bits per heavy atom. The molecule has 0 aromatic heterocycles. The van der Waals surface area contributed by atoms with E-state index in [2.05, 4.69) is 13.8 Å². The fourth-order valence-electron chi connectivity index (χ4n) is 5.91. The van der Waals surface area contributed by atoms with E-state index < -0.39 is 13.9 Å². The lowest BCUT2D eigenvalue weighted by atomic mass is 10.0. The van der Waals surface area contributed by atoms with Gasteiger partial charge in [0.05, 0.1) is 34.4 Å². The first-order valence-corrected chi connectivity index (χ1v) is 22.3. The van der Waals surface area contributed by atoms with Crippen LogP contribution in [-0.4, -0.2) is 75.6 Å². The molecule has 0 aliphatic rings. The molecule has 0 bridgehead atoms. The highest BCUT2D eigenvalue weighted by Gasteiger charge is 2.26. The summed E-state index contributed by atoms with van der Waals surface area (Å²) in [5.74, 6) is -0.311. The molecule has 0 amide bonds. The standard InChI is InChI=1S/C40H82NO7P/c1-6-8-10-12-14-16-18-19-20-21-22-24-26-28-30-32-35-45-37-39(38-47-49(43,44)46-36-34-41(3,4)5)48-40(42)33-31-29-27-25-23-17-15-13-11-9-7-2/h39H,6-38H2,1-5H3/p+1/t39-/m1/s1. The zero-order chi connectivity index (χ0) is 36.3. The number of unbranched alkanes of at least 4 members (excludes halogenated alkanes) is 25. The molecule has 0 radical (unpaired) electrons. The van der Waals surface area contributed by atoms with Crippen LogP contribution in [0.15, 0.2) is 0 Å². The molecular formula is C40H83NO7P+. The largest absolute Gasteiger partial charge is 0.472 e. The Balaban J connectivity index is 4.19. The number of esters is 1. The van der Waals surface area contributed by atoms with Gasteiger partial charge in [0.2, 0.25) is 0 Å². The van der Waals surface area contributed by atoms with E-state index in [0.717, 1.165) is 32.1 Å². The molecule has 0 aromatic carbocycles. The summed E-state index contributed by atoms with van der Waals surface area (Å²) in [6, 6.07) is 0. The smallest absolute Gasteiger partial charge is 0.457 e. The molecule has 0 saturated carbocycles. The van der Waals surface area contributed by atoms with E-state index >= 15 is 0 Å². The molecule has 1 unspecified atom stereocenters. The van der Waals surface area contributed by atoms with Crippen molar-refractivity contribution in [3.8, 4) is 0 Å². The van der Waals surface area contributed by atoms with Gasteiger partial charge in [-0.2, -0.15) is 0 Å². The predicted molar refractivity (Wildman–Crippen MR) is 206 cm³/mol. The number of likely N-dealkylation sites (N-methyl/N-ethyl adjacent to an activating group) is 1. The van der Waals surface area contributed by atoms with Gasteiger partial charge in [-0.15, -0.1) is 0 Å². The van der Waals surface area contributed by atoms with Crippen LogP contribution < -0.4 is 0 Å². The van der Waals surface area contributed by atoms with Gasteiger partial charge in [0.15, 0.2) is 0 Å². The average molecular weight is 721 g/mol. The number of hydrogen-bond acceptors (Lipinski definition) is 6. The molecule has 9 heteroatoms. The van der Waals surface area contributed by atoms with E-state index in [1.807, 2.05) is 21.1 Å². The number of phosphoric ester groups is 1. The third kappa shape index (κ3) is 38.6. The molecule has 0 aromatic rings. The summed E-state index contributed by atoms with van der Waals surface area (Å²) in [7, 11) is 1.68. The molecule has 0 aliphatic carbocycles. The molecule has 0 saturated heterocycles. The second-order valence-corrected chi connectivity index (χ2v) is 16.8. The van der Waals surface area contributed by atoms with Crippen LogP contribution in [0, 0.1) is 0 Å². The summed E-state index contributed by atoms with van der Waals surface area (Å²) in [4.78, 5) is 22.8. The monoisotopic (exact) mass is 721 g/mol. The molecule has 2 atom stereocenters. The number of phosphoric acid groups is 1. The fourth-order valence-corrected chi connectivity index (χ4v) is 6.65. The van der Waals surface area contributed by atoms with Gasteiger partial charge in [-0.1, -0.05) is 174 Å². The molecule has 0 aliphatic heterocycles. The van der Waals surface area contributed by atoms with Gasteiger partial charge < -0.3 is 18.9 Å². The van der Waals surface area contributed by atoms with Crippen molar-refractivity contribution in [2.75, 3.05) is 54.1 Å². The van der Waals surface area contributed by atoms with Crippen molar-refractivity contribution >= 4 is 13.8 Å². The van der Waals surface area contributed by atoms with Gasteiger partial charge >= 0.3 is 13.8 Å². The first kappa shape index (κ1) is 48.5. The van der Waals surface area contributed by atoms with Crippen LogP contribution in [0.1, 0.15) is 194 Å². The minimum atomic E-state index is -4.26. The van der Waals surface area contributed by atoms with Crippen molar-refractivity contribution in [3.63, 3.8) is 0 Å². The highest BCUT2D eigenvalue weighted by molar-refractivity contribution is 7.47. The van der Waals surface area contributed by atoms with E-state index in [9.17, 15) is 14.3 Å². The summed E-state index contributed by atoms with van der Waals surface area (Å²) >= 11 is 0. The van der Waals surface area contributed by atoms with Gasteiger partial charge in [0.1, 0.15) is 19.3 Å². The zero-order valence-corrected chi connectivity index (χ0v) is 34.1. The van der Waals surface area contributed by atoms with E-state index in [1.165, 1.54) is 141 Å². The Labute approximate surface area is 304 Å². The summed E-state index contributed by atoms with van der Waals surface area (Å²) in [6.07, 6.45) is 34.1. The summed E-state index contributed by atoms with van der Waals surface area (Å²) in [6.45, 7) is 5.66. The second kappa shape index (κ2) is 34.6. The third-order valence-corrected chi connectivity index (χ3v) is 10.2. The van der Waals surface area contributed by atoms with Crippen LogP contribution in [-0.2, 0) is 27.9 Å². The second-order valence-electron chi connectivity index (χ2n) is 15.4. The Kier molecular flexibility index (Phi) is 34.2. The van der Waals surface area contributed by atoms with Crippen LogP contribution in [0.4, 0.5) is 0 Å². The van der Waals surface area contributed by atoms with Crippen LogP contribution in [0.3, 0.4) is 0 Å². The molecule has 49 heavy (non-hydrogen) atoms. The van der Waals surface area contributed by atoms with Crippen LogP contribution in [0.5, 0.6) is 0 Å². The number of rotatable bonds is 39. The fraction of sp³-hybridized carbons (Fsp3) is 0.975. The van der Waals surface area contributed by atoms with Crippen molar-refractivity contribution < 1.29 is 37.3 Å². The lowest BCUT2D eigenvalue weighted by molar-refractivity contribution is -0.870. The molecule has 0 spiro atoms. The minimum Gasteiger partial charge on any atom is -0.457 e. The van der Waals surface area contributed by atoms with Crippen LogP contribution in [0.25, 0.3) is 0 Å². The number of quaternary nitrogens is 1. The topological polar surface area (TPSA) is 91.3 Å². The summed E-state index contributed by atoms with van der Waals surface area (Å²) < 4.78 is 34.9. The van der Waals surface area contributed by atoms with Crippen molar-refractivity contribution in [1.82, 2.24) is 0 Å². The van der Waals surface area contributed by atoms with Gasteiger partial charge in [-0.05, 0) is 12.8 Å². The maximum Gasteiger partial charge on any atom is 0.472 e. The molecule has 8 nitrogen and oxygen atoms in total. The molecule has 0 heterocycles. The Morgan fingerprint density at radius 3 is 1.35 bits per heavy atom. The maximum absolute atomic E-state index is 12.6. The molecular weight excluding hydrogens is 637 g/mol. The summed E-state index contributed by atoms with van der Waals surface area (Å²) in [5, 5.41) is 0. The van der Waals surface area contributed by atoms with Gasteiger partial charge in [-0.3, -0.25) is 13.8 Å². The SMILES string of the molecule is CCCCCCCCCCCCCCCCCCOC[C@H](COP(=O)(O)OCC[N+](C)(C)C)OC(=O)CCCCCCCCCCCCC. The van der Waals surface area contributed by atoms with E-state index in [1.54, 1.807) is 0 Å². The number of hydrogen-bond donors (Lipinski definition) is 1. The minimum absolute atomic E-state index is 0.0936. The average Bonchev–Trinajstić information content (AvgIpc) is 3.04. The lowest BCUT2D eigenvalue weighted by Crippen LogP contribution is -2.37. The van der Waals surface area contributed by atoms with Crippen molar-refractivity contribution in [2.24, 2.45) is 0 Å². The van der Waals surface area contributed by atoms with Crippen LogP contribution >= 0.6 is 7.82 Å². The zero-order valence-electron chi connectivity index (χ0n) is 33.2. The van der Waals surface area contributed by atoms with Crippen molar-refractivity contribution in [2.45, 2.75) is 200 Å². The first-order valence-electron chi connectivity index (χ1n) is 20.8. The van der Waals surface area contributed by atoms with Crippen LogP contribution in [0.2, 0.25) is 0 Å². The predicted octanol–water partition coefficient (Wildman–Crippen LogP) is 11.7. The number of carbonyl (C=O) groups is 1. The molecule has 294 valence electrons. The van der Waals surface area contributed by atoms with Crippen molar-refractivity contribution in [3.05, 3.63) is 0 Å². The van der Waals surface area contributed by atoms with E-state index in [0.29, 0.717) is 24.1 Å². The number of carbonyl (C=O) groups excluding carboxylic acids is 1. The Bertz CT molecular complexity index is 761. The summed E-state index contributed by atoms with van der Waals surface area (Å²) in [5.41, 5.74) is 0. The normalized spacial score (nSPS) is 13.8. The van der Waals surface area contributed by atoms with E-state index in [-0.39, 0.29) is 25.8 Å². The van der Waals surface area contributed by atoms with Gasteiger partial charge in [0.25, 0.3) is 0 Å². The Hall–Kier alpha value is -0.500. The molecule has 0 fully saturated rings. The highest BCUT2D eigenvalue weighted by atomic mass is 31.2. The Morgan fingerprint density at radius 2 is 0.939 bits per heavy atom. The van der Waals surface area contributed by atoms with Crippen molar-refractivity contribution in [1.29, 1.82) is 0 Å². The molecule has 0 rings (SSSR count). The first-order chi connectivity index (χ1) is 23.6.